The van der Waals surface area contributed by atoms with Gasteiger partial charge in [-0.2, -0.15) is 0 Å². The van der Waals surface area contributed by atoms with Crippen LogP contribution in [0.3, 0.4) is 0 Å². The van der Waals surface area contributed by atoms with E-state index >= 15 is 0 Å². The van der Waals surface area contributed by atoms with Gasteiger partial charge in [-0.1, -0.05) is 24.3 Å². The molecule has 0 aliphatic rings. The zero-order chi connectivity index (χ0) is 18.8. The monoisotopic (exact) mass is 379 g/mol. The molecule has 7 heteroatoms. The zero-order valence-electron chi connectivity index (χ0n) is 14.7. The fourth-order valence-corrected chi connectivity index (χ4v) is 3.79. The molecule has 27 heavy (non-hydrogen) atoms. The van der Waals surface area contributed by atoms with Crippen molar-refractivity contribution >= 4 is 38.4 Å². The third kappa shape index (κ3) is 3.59. The first-order chi connectivity index (χ1) is 13.1. The Bertz CT molecular complexity index is 1160. The van der Waals surface area contributed by atoms with Gasteiger partial charge in [-0.15, -0.1) is 11.3 Å². The van der Waals surface area contributed by atoms with E-state index in [4.69, 9.17) is 4.74 Å². The van der Waals surface area contributed by atoms with Crippen LogP contribution >= 0.6 is 11.3 Å². The molecular weight excluding hydrogens is 362 g/mol. The summed E-state index contributed by atoms with van der Waals surface area (Å²) in [5.74, 6) is -0.370. The van der Waals surface area contributed by atoms with Crippen LogP contribution in [0.5, 0.6) is 0 Å². The van der Waals surface area contributed by atoms with E-state index in [0.29, 0.717) is 10.9 Å². The molecule has 136 valence electrons. The molecule has 0 unspecified atom stereocenters. The molecule has 0 atom stereocenters. The Morgan fingerprint density at radius 3 is 2.89 bits per heavy atom. The van der Waals surface area contributed by atoms with Crippen molar-refractivity contribution in [2.75, 3.05) is 0 Å². The Morgan fingerprint density at radius 1 is 1.19 bits per heavy atom. The van der Waals surface area contributed by atoms with Gasteiger partial charge in [-0.25, -0.2) is 9.97 Å². The molecule has 2 aromatic carbocycles. The van der Waals surface area contributed by atoms with Crippen molar-refractivity contribution in [1.82, 2.24) is 14.5 Å². The highest BCUT2D eigenvalue weighted by molar-refractivity contribution is 7.18. The minimum Gasteiger partial charge on any atom is -0.458 e. The van der Waals surface area contributed by atoms with E-state index in [-0.39, 0.29) is 31.1 Å². The summed E-state index contributed by atoms with van der Waals surface area (Å²) < 4.78 is 7.81. The number of rotatable bonds is 5. The third-order valence-electron chi connectivity index (χ3n) is 4.31. The molecule has 2 aromatic heterocycles. The fourth-order valence-electron chi connectivity index (χ4n) is 2.90. The van der Waals surface area contributed by atoms with Crippen LogP contribution < -0.4 is 5.56 Å². The van der Waals surface area contributed by atoms with Crippen molar-refractivity contribution in [2.24, 2.45) is 0 Å². The Morgan fingerprint density at radius 2 is 2.04 bits per heavy atom. The number of benzene rings is 2. The van der Waals surface area contributed by atoms with Crippen LogP contribution in [0.1, 0.15) is 17.0 Å². The third-order valence-corrected chi connectivity index (χ3v) is 5.32. The van der Waals surface area contributed by atoms with Crippen LogP contribution in [0.15, 0.2) is 53.6 Å². The highest BCUT2D eigenvalue weighted by Crippen LogP contribution is 2.22. The van der Waals surface area contributed by atoms with E-state index in [1.54, 1.807) is 6.07 Å². The fraction of sp³-hybridized carbons (Fsp3) is 0.200. The van der Waals surface area contributed by atoms with Gasteiger partial charge in [-0.05, 0) is 30.7 Å². The summed E-state index contributed by atoms with van der Waals surface area (Å²) >= 11 is 1.51. The number of para-hydroxylation sites is 2. The Kier molecular flexibility index (Phi) is 4.68. The topological polar surface area (TPSA) is 74.1 Å². The molecule has 4 rings (SSSR count). The van der Waals surface area contributed by atoms with Crippen LogP contribution in [0.2, 0.25) is 0 Å². The molecular formula is C20H17N3O3S. The van der Waals surface area contributed by atoms with Crippen molar-refractivity contribution in [3.63, 3.8) is 0 Å². The van der Waals surface area contributed by atoms with E-state index in [2.05, 4.69) is 9.97 Å². The molecule has 0 amide bonds. The van der Waals surface area contributed by atoms with Gasteiger partial charge in [-0.3, -0.25) is 14.2 Å². The highest BCUT2D eigenvalue weighted by Gasteiger charge is 2.10. The molecule has 0 saturated heterocycles. The number of aryl methyl sites for hydroxylation is 2. The molecule has 0 bridgehead atoms. The lowest BCUT2D eigenvalue weighted by Crippen LogP contribution is -2.22. The number of thiazole rings is 1. The SMILES string of the molecule is Cc1cccc2c(=O)n(CCC(=O)OCc3nc4ccccc4s3)cnc12. The number of carbonyl (C=O) groups excluding carboxylic acids is 1. The minimum absolute atomic E-state index is 0.101. The molecule has 0 aliphatic carbocycles. The highest BCUT2D eigenvalue weighted by atomic mass is 32.1. The van der Waals surface area contributed by atoms with Gasteiger partial charge < -0.3 is 4.74 Å². The average Bonchev–Trinajstić information content (AvgIpc) is 3.09. The molecule has 0 spiro atoms. The largest absolute Gasteiger partial charge is 0.458 e. The molecule has 4 aromatic rings. The average molecular weight is 379 g/mol. The summed E-state index contributed by atoms with van der Waals surface area (Å²) in [5.41, 5.74) is 2.39. The number of fused-ring (bicyclic) bond motifs is 2. The number of nitrogens with zero attached hydrogens (tertiary/aromatic N) is 3. The van der Waals surface area contributed by atoms with Gasteiger partial charge in [0.2, 0.25) is 0 Å². The number of hydrogen-bond acceptors (Lipinski definition) is 6. The lowest BCUT2D eigenvalue weighted by Gasteiger charge is -2.07. The molecule has 2 heterocycles. The predicted octanol–water partition coefficient (Wildman–Crippen LogP) is 3.45. The summed E-state index contributed by atoms with van der Waals surface area (Å²) in [4.78, 5) is 33.4. The van der Waals surface area contributed by atoms with Crippen molar-refractivity contribution in [1.29, 1.82) is 0 Å². The Balaban J connectivity index is 1.40. The van der Waals surface area contributed by atoms with E-state index in [9.17, 15) is 9.59 Å². The normalized spacial score (nSPS) is 11.1. The van der Waals surface area contributed by atoms with E-state index in [1.807, 2.05) is 43.3 Å². The van der Waals surface area contributed by atoms with Crippen molar-refractivity contribution in [2.45, 2.75) is 26.5 Å². The maximum atomic E-state index is 12.5. The van der Waals surface area contributed by atoms with E-state index in [0.717, 1.165) is 20.8 Å². The molecule has 0 saturated carbocycles. The lowest BCUT2D eigenvalue weighted by atomic mass is 10.1. The zero-order valence-corrected chi connectivity index (χ0v) is 15.5. The Labute approximate surface area is 159 Å². The van der Waals surface area contributed by atoms with Crippen LogP contribution in [0.25, 0.3) is 21.1 Å². The molecule has 6 nitrogen and oxygen atoms in total. The number of hydrogen-bond donors (Lipinski definition) is 0. The first kappa shape index (κ1) is 17.4. The molecule has 0 N–H and O–H groups in total. The van der Waals surface area contributed by atoms with Gasteiger partial charge in [0.1, 0.15) is 11.6 Å². The summed E-state index contributed by atoms with van der Waals surface area (Å²) in [6, 6.07) is 13.3. The van der Waals surface area contributed by atoms with Crippen molar-refractivity contribution in [3.8, 4) is 0 Å². The van der Waals surface area contributed by atoms with E-state index < -0.39 is 0 Å². The van der Waals surface area contributed by atoms with Gasteiger partial charge in [0.15, 0.2) is 0 Å². The van der Waals surface area contributed by atoms with E-state index in [1.165, 1.54) is 22.2 Å². The molecule has 0 radical (unpaired) electrons. The summed E-state index contributed by atoms with van der Waals surface area (Å²) in [5, 5.41) is 1.31. The number of aromatic nitrogens is 3. The first-order valence-corrected chi connectivity index (χ1v) is 9.38. The molecule has 0 fully saturated rings. The maximum Gasteiger partial charge on any atom is 0.308 e. The van der Waals surface area contributed by atoms with Gasteiger partial charge in [0, 0.05) is 6.54 Å². The van der Waals surface area contributed by atoms with Crippen molar-refractivity contribution < 1.29 is 9.53 Å². The maximum absolute atomic E-state index is 12.5. The van der Waals surface area contributed by atoms with Gasteiger partial charge in [0.05, 0.1) is 33.9 Å². The van der Waals surface area contributed by atoms with Crippen LogP contribution in [0.4, 0.5) is 0 Å². The second-order valence-corrected chi connectivity index (χ2v) is 7.32. The Hall–Kier alpha value is -3.06. The predicted molar refractivity (Wildman–Crippen MR) is 105 cm³/mol. The van der Waals surface area contributed by atoms with Crippen LogP contribution in [-0.2, 0) is 22.7 Å². The second-order valence-electron chi connectivity index (χ2n) is 6.20. The quantitative estimate of drug-likeness (QED) is 0.497. The van der Waals surface area contributed by atoms with Gasteiger partial charge >= 0.3 is 5.97 Å². The van der Waals surface area contributed by atoms with Crippen molar-refractivity contribution in [3.05, 3.63) is 69.7 Å². The molecule has 0 aliphatic heterocycles. The van der Waals surface area contributed by atoms with Crippen LogP contribution in [0, 0.1) is 6.92 Å². The number of carbonyl (C=O) groups is 1. The summed E-state index contributed by atoms with van der Waals surface area (Å²) in [6.07, 6.45) is 1.59. The van der Waals surface area contributed by atoms with Crippen LogP contribution in [-0.4, -0.2) is 20.5 Å². The smallest absolute Gasteiger partial charge is 0.308 e. The van der Waals surface area contributed by atoms with Gasteiger partial charge in [0.25, 0.3) is 5.56 Å². The lowest BCUT2D eigenvalue weighted by molar-refractivity contribution is -0.145. The summed E-state index contributed by atoms with van der Waals surface area (Å²) in [6.45, 7) is 2.29. The number of ether oxygens (including phenoxy) is 1. The standard InChI is InChI=1S/C20H17N3O3S/c1-13-5-4-6-14-19(13)21-12-23(20(14)25)10-9-18(24)26-11-17-22-15-7-2-3-8-16(15)27-17/h2-8,12H,9-11H2,1H3. The number of esters is 1. The summed E-state index contributed by atoms with van der Waals surface area (Å²) in [7, 11) is 0. The second kappa shape index (κ2) is 7.28. The first-order valence-electron chi connectivity index (χ1n) is 8.56. The minimum atomic E-state index is -0.370.